The fraction of sp³-hybridized carbons (Fsp3) is 0.643. The van der Waals surface area contributed by atoms with Gasteiger partial charge in [-0.05, 0) is 25.8 Å². The molecule has 0 amide bonds. The van der Waals surface area contributed by atoms with Gasteiger partial charge in [-0.3, -0.25) is 0 Å². The lowest BCUT2D eigenvalue weighted by Gasteiger charge is -2.14. The van der Waals surface area contributed by atoms with E-state index in [0.29, 0.717) is 23.9 Å². The molecular weight excluding hydrogens is 230 g/mol. The van der Waals surface area contributed by atoms with Gasteiger partial charge in [-0.15, -0.1) is 0 Å². The van der Waals surface area contributed by atoms with E-state index in [0.717, 1.165) is 0 Å². The molecule has 0 aromatic carbocycles. The van der Waals surface area contributed by atoms with Gasteiger partial charge in [0.05, 0.1) is 6.54 Å². The maximum Gasteiger partial charge on any atom is 0.372 e. The van der Waals surface area contributed by atoms with Gasteiger partial charge in [0.25, 0.3) is 0 Å². The minimum atomic E-state index is -0.992. The van der Waals surface area contributed by atoms with Crippen molar-refractivity contribution in [1.29, 1.82) is 0 Å². The second kappa shape index (κ2) is 6.05. The van der Waals surface area contributed by atoms with Crippen LogP contribution in [0, 0.1) is 6.92 Å². The molecule has 2 N–H and O–H groups in total. The fourth-order valence-electron chi connectivity index (χ4n) is 2.58. The molecule has 2 rings (SSSR count). The molecule has 1 heterocycles. The van der Waals surface area contributed by atoms with Crippen molar-refractivity contribution in [2.45, 2.75) is 58.0 Å². The van der Waals surface area contributed by atoms with Gasteiger partial charge in [-0.25, -0.2) is 4.79 Å². The minimum Gasteiger partial charge on any atom is -0.475 e. The van der Waals surface area contributed by atoms with Crippen LogP contribution < -0.4 is 5.32 Å². The molecule has 100 valence electrons. The summed E-state index contributed by atoms with van der Waals surface area (Å²) in [6.07, 6.45) is 7.67. The monoisotopic (exact) mass is 251 g/mol. The molecule has 1 fully saturated rings. The molecule has 1 saturated carbocycles. The Bertz CT molecular complexity index is 403. The SMILES string of the molecule is Cc1cc(CNC2CCCCCC2)oc1C(=O)O. The number of furan rings is 1. The van der Waals surface area contributed by atoms with Gasteiger partial charge in [0.1, 0.15) is 5.76 Å². The molecular formula is C14H21NO3. The topological polar surface area (TPSA) is 62.5 Å². The van der Waals surface area contributed by atoms with Crippen LogP contribution in [0.2, 0.25) is 0 Å². The third-order valence-electron chi connectivity index (χ3n) is 3.58. The van der Waals surface area contributed by atoms with Gasteiger partial charge >= 0.3 is 5.97 Å². The average Bonchev–Trinajstić information content (AvgIpc) is 2.55. The number of aryl methyl sites for hydroxylation is 1. The van der Waals surface area contributed by atoms with Crippen molar-refractivity contribution in [1.82, 2.24) is 5.32 Å². The Balaban J connectivity index is 1.89. The summed E-state index contributed by atoms with van der Waals surface area (Å²) in [6, 6.07) is 2.36. The second-order valence-electron chi connectivity index (χ2n) is 5.10. The number of hydrogen-bond acceptors (Lipinski definition) is 3. The van der Waals surface area contributed by atoms with E-state index in [1.54, 1.807) is 6.92 Å². The third kappa shape index (κ3) is 3.35. The zero-order valence-electron chi connectivity index (χ0n) is 10.9. The number of carboxylic acid groups (broad SMARTS) is 1. The van der Waals surface area contributed by atoms with Crippen molar-refractivity contribution < 1.29 is 14.3 Å². The van der Waals surface area contributed by atoms with E-state index in [4.69, 9.17) is 9.52 Å². The summed E-state index contributed by atoms with van der Waals surface area (Å²) in [5.41, 5.74) is 0.695. The first kappa shape index (κ1) is 13.1. The molecule has 0 unspecified atom stereocenters. The molecule has 4 nitrogen and oxygen atoms in total. The Labute approximate surface area is 107 Å². The summed E-state index contributed by atoms with van der Waals surface area (Å²) < 4.78 is 5.34. The van der Waals surface area contributed by atoms with Gasteiger partial charge < -0.3 is 14.8 Å². The maximum atomic E-state index is 10.9. The molecule has 0 spiro atoms. The van der Waals surface area contributed by atoms with Gasteiger partial charge in [-0.2, -0.15) is 0 Å². The van der Waals surface area contributed by atoms with Crippen molar-refractivity contribution >= 4 is 5.97 Å². The predicted molar refractivity (Wildman–Crippen MR) is 68.7 cm³/mol. The van der Waals surface area contributed by atoms with Crippen LogP contribution in [0.3, 0.4) is 0 Å². The van der Waals surface area contributed by atoms with Gasteiger partial charge in [0.15, 0.2) is 0 Å². The van der Waals surface area contributed by atoms with Crippen LogP contribution in [0.1, 0.15) is 60.4 Å². The van der Waals surface area contributed by atoms with E-state index in [1.165, 1.54) is 38.5 Å². The van der Waals surface area contributed by atoms with Crippen molar-refractivity contribution in [3.8, 4) is 0 Å². The highest BCUT2D eigenvalue weighted by Gasteiger charge is 2.16. The normalized spacial score (nSPS) is 17.6. The highest BCUT2D eigenvalue weighted by atomic mass is 16.4. The highest BCUT2D eigenvalue weighted by Crippen LogP contribution is 2.19. The summed E-state index contributed by atoms with van der Waals surface area (Å²) >= 11 is 0. The molecule has 1 aliphatic rings. The molecule has 1 aromatic heterocycles. The van der Waals surface area contributed by atoms with Crippen molar-refractivity contribution in [3.63, 3.8) is 0 Å². The van der Waals surface area contributed by atoms with Crippen LogP contribution in [-0.2, 0) is 6.54 Å². The van der Waals surface area contributed by atoms with E-state index < -0.39 is 5.97 Å². The van der Waals surface area contributed by atoms with Crippen LogP contribution in [0.25, 0.3) is 0 Å². The molecule has 4 heteroatoms. The first-order chi connectivity index (χ1) is 8.66. The lowest BCUT2D eigenvalue weighted by molar-refractivity contribution is 0.0659. The minimum absolute atomic E-state index is 0.0627. The van der Waals surface area contributed by atoms with Crippen LogP contribution in [-0.4, -0.2) is 17.1 Å². The number of nitrogens with one attached hydrogen (secondary N) is 1. The molecule has 1 aromatic rings. The lowest BCUT2D eigenvalue weighted by Crippen LogP contribution is -2.27. The first-order valence-corrected chi connectivity index (χ1v) is 6.73. The number of carbonyl (C=O) groups is 1. The lowest BCUT2D eigenvalue weighted by atomic mass is 10.1. The van der Waals surface area contributed by atoms with E-state index in [1.807, 2.05) is 6.07 Å². The third-order valence-corrected chi connectivity index (χ3v) is 3.58. The molecule has 18 heavy (non-hydrogen) atoms. The number of aromatic carboxylic acids is 1. The number of rotatable bonds is 4. The van der Waals surface area contributed by atoms with Gasteiger partial charge in [0, 0.05) is 11.6 Å². The van der Waals surface area contributed by atoms with Crippen molar-refractivity contribution in [2.24, 2.45) is 0 Å². The van der Waals surface area contributed by atoms with Crippen LogP contribution >= 0.6 is 0 Å². The Kier molecular flexibility index (Phi) is 4.42. The summed E-state index contributed by atoms with van der Waals surface area (Å²) in [7, 11) is 0. The van der Waals surface area contributed by atoms with Crippen LogP contribution in [0.15, 0.2) is 10.5 Å². The van der Waals surface area contributed by atoms with Gasteiger partial charge in [0.2, 0.25) is 5.76 Å². The average molecular weight is 251 g/mol. The van der Waals surface area contributed by atoms with Crippen LogP contribution in [0.4, 0.5) is 0 Å². The Hall–Kier alpha value is -1.29. The van der Waals surface area contributed by atoms with Crippen molar-refractivity contribution in [2.75, 3.05) is 0 Å². The Morgan fingerprint density at radius 1 is 1.39 bits per heavy atom. The maximum absolute atomic E-state index is 10.9. The van der Waals surface area contributed by atoms with E-state index in [9.17, 15) is 4.79 Å². The number of hydrogen-bond donors (Lipinski definition) is 2. The number of carboxylic acids is 1. The summed E-state index contributed by atoms with van der Waals surface area (Å²) in [5, 5.41) is 12.4. The summed E-state index contributed by atoms with van der Waals surface area (Å²) in [6.45, 7) is 2.39. The smallest absolute Gasteiger partial charge is 0.372 e. The zero-order chi connectivity index (χ0) is 13.0. The molecule has 0 atom stereocenters. The van der Waals surface area contributed by atoms with E-state index in [-0.39, 0.29) is 5.76 Å². The first-order valence-electron chi connectivity index (χ1n) is 6.73. The molecule has 0 aliphatic heterocycles. The van der Waals surface area contributed by atoms with E-state index >= 15 is 0 Å². The Morgan fingerprint density at radius 2 is 2.06 bits per heavy atom. The predicted octanol–water partition coefficient (Wildman–Crippen LogP) is 3.10. The standard InChI is InChI=1S/C14H21NO3/c1-10-8-12(18-13(10)14(16)17)9-15-11-6-4-2-3-5-7-11/h8,11,15H,2-7,9H2,1H3,(H,16,17). The second-order valence-corrected chi connectivity index (χ2v) is 5.10. The molecule has 0 bridgehead atoms. The molecule has 0 saturated heterocycles. The quantitative estimate of drug-likeness (QED) is 0.807. The van der Waals surface area contributed by atoms with E-state index in [2.05, 4.69) is 5.32 Å². The zero-order valence-corrected chi connectivity index (χ0v) is 10.9. The Morgan fingerprint density at radius 3 is 2.61 bits per heavy atom. The van der Waals surface area contributed by atoms with Gasteiger partial charge in [-0.1, -0.05) is 25.7 Å². The largest absolute Gasteiger partial charge is 0.475 e. The molecule has 1 aliphatic carbocycles. The summed E-state index contributed by atoms with van der Waals surface area (Å²) in [5.74, 6) is -0.213. The van der Waals surface area contributed by atoms with Crippen molar-refractivity contribution in [3.05, 3.63) is 23.2 Å². The van der Waals surface area contributed by atoms with Crippen LogP contribution in [0.5, 0.6) is 0 Å². The summed E-state index contributed by atoms with van der Waals surface area (Å²) in [4.78, 5) is 10.9. The highest BCUT2D eigenvalue weighted by molar-refractivity contribution is 5.86. The fourth-order valence-corrected chi connectivity index (χ4v) is 2.58. The molecule has 0 radical (unpaired) electrons.